The molecule has 4 nitrogen and oxygen atoms in total. The molecule has 0 saturated carbocycles. The first-order chi connectivity index (χ1) is 14.7. The Kier molecular flexibility index (Phi) is 6.19. The zero-order chi connectivity index (χ0) is 23.9. The Morgan fingerprint density at radius 3 is 1.38 bits per heavy atom. The van der Waals surface area contributed by atoms with Crippen LogP contribution in [-0.4, -0.2) is 19.0 Å². The van der Waals surface area contributed by atoms with E-state index >= 15 is 0 Å². The normalized spacial score (nSPS) is 13.2. The van der Waals surface area contributed by atoms with Crippen LogP contribution < -0.4 is 0 Å². The quantitative estimate of drug-likeness (QED) is 0.344. The van der Waals surface area contributed by atoms with Gasteiger partial charge in [0.25, 0.3) is 0 Å². The summed E-state index contributed by atoms with van der Waals surface area (Å²) in [5.41, 5.74) is -5.99. The second-order valence-electron chi connectivity index (χ2n) is 6.23. The summed E-state index contributed by atoms with van der Waals surface area (Å²) in [6.45, 7) is 0. The third-order valence-electron chi connectivity index (χ3n) is 3.98. The van der Waals surface area contributed by atoms with Crippen LogP contribution in [0.15, 0.2) is 75.4 Å². The SMILES string of the molecule is O=S(=O)(OS(c1ccc(O)cc1)(c1cc(F)cc(F)c1)c1cc(F)cc(F)c1)C(F)(F)F. The van der Waals surface area contributed by atoms with Crippen molar-refractivity contribution in [1.29, 1.82) is 0 Å². The van der Waals surface area contributed by atoms with Gasteiger partial charge in [-0.15, -0.1) is 0 Å². The fourth-order valence-electron chi connectivity index (χ4n) is 2.73. The van der Waals surface area contributed by atoms with Crippen LogP contribution in [0.2, 0.25) is 0 Å². The highest BCUT2D eigenvalue weighted by Crippen LogP contribution is 2.71. The van der Waals surface area contributed by atoms with E-state index < -0.39 is 69.6 Å². The van der Waals surface area contributed by atoms with E-state index in [1.807, 2.05) is 0 Å². The molecule has 0 aliphatic rings. The van der Waals surface area contributed by atoms with Crippen molar-refractivity contribution in [2.75, 3.05) is 0 Å². The van der Waals surface area contributed by atoms with Crippen LogP contribution in [0.4, 0.5) is 30.7 Å². The molecule has 0 amide bonds. The third kappa shape index (κ3) is 4.54. The lowest BCUT2D eigenvalue weighted by atomic mass is 10.3. The molecule has 1 N–H and O–H groups in total. The average Bonchev–Trinajstić information content (AvgIpc) is 2.64. The lowest BCUT2D eigenvalue weighted by Crippen LogP contribution is -2.27. The van der Waals surface area contributed by atoms with Gasteiger partial charge in [0, 0.05) is 26.8 Å². The molecule has 0 heterocycles. The Hall–Kier alpha value is -2.77. The average molecular weight is 500 g/mol. The van der Waals surface area contributed by atoms with Gasteiger partial charge in [0.2, 0.25) is 0 Å². The van der Waals surface area contributed by atoms with E-state index in [0.29, 0.717) is 36.4 Å². The van der Waals surface area contributed by atoms with Gasteiger partial charge in [0.05, 0.1) is 0 Å². The van der Waals surface area contributed by atoms with E-state index in [1.165, 1.54) is 0 Å². The summed E-state index contributed by atoms with van der Waals surface area (Å²) < 4.78 is 125. The molecule has 0 spiro atoms. The fraction of sp³-hybridized carbons (Fsp3) is 0.0526. The number of hydrogen-bond acceptors (Lipinski definition) is 4. The number of alkyl halides is 3. The molecule has 0 bridgehead atoms. The molecule has 0 aromatic heterocycles. The van der Waals surface area contributed by atoms with Gasteiger partial charge in [-0.1, -0.05) is 0 Å². The second kappa shape index (κ2) is 8.30. The van der Waals surface area contributed by atoms with Crippen LogP contribution in [0.5, 0.6) is 5.75 Å². The number of hydrogen-bond donors (Lipinski definition) is 1. The van der Waals surface area contributed by atoms with Crippen molar-refractivity contribution in [3.05, 3.63) is 83.9 Å². The van der Waals surface area contributed by atoms with Crippen molar-refractivity contribution in [2.45, 2.75) is 20.2 Å². The zero-order valence-corrected chi connectivity index (χ0v) is 17.0. The fourth-order valence-corrected chi connectivity index (χ4v) is 7.50. The summed E-state index contributed by atoms with van der Waals surface area (Å²) in [6, 6.07) is 6.31. The number of phenols is 1. The summed E-state index contributed by atoms with van der Waals surface area (Å²) in [5, 5.41) is 9.53. The Morgan fingerprint density at radius 2 is 1.03 bits per heavy atom. The minimum Gasteiger partial charge on any atom is -0.508 e. The van der Waals surface area contributed by atoms with Gasteiger partial charge < -0.3 is 5.11 Å². The number of aromatic hydroxyl groups is 1. The number of phenolic OH excluding ortho intramolecular Hbond substituents is 1. The molecule has 3 aromatic carbocycles. The maximum atomic E-state index is 14.0. The van der Waals surface area contributed by atoms with E-state index in [9.17, 15) is 44.3 Å². The second-order valence-corrected chi connectivity index (χ2v) is 10.7. The molecule has 13 heteroatoms. The van der Waals surface area contributed by atoms with Crippen molar-refractivity contribution < 1.29 is 47.9 Å². The van der Waals surface area contributed by atoms with Crippen LogP contribution in [0.3, 0.4) is 0 Å². The van der Waals surface area contributed by atoms with E-state index in [2.05, 4.69) is 3.63 Å². The predicted octanol–water partition coefficient (Wildman–Crippen LogP) is 6.01. The summed E-state index contributed by atoms with van der Waals surface area (Å²) in [6.07, 6.45) is 0. The van der Waals surface area contributed by atoms with E-state index in [4.69, 9.17) is 0 Å². The number of halogens is 7. The highest BCUT2D eigenvalue weighted by atomic mass is 32.3. The van der Waals surface area contributed by atoms with Gasteiger partial charge in [-0.2, -0.15) is 25.2 Å². The van der Waals surface area contributed by atoms with Crippen molar-refractivity contribution >= 4 is 20.4 Å². The van der Waals surface area contributed by atoms with Crippen molar-refractivity contribution in [2.24, 2.45) is 0 Å². The molecule has 0 fully saturated rings. The van der Waals surface area contributed by atoms with Gasteiger partial charge in [0.15, 0.2) is 0 Å². The lowest BCUT2D eigenvalue weighted by molar-refractivity contribution is -0.0496. The predicted molar refractivity (Wildman–Crippen MR) is 99.3 cm³/mol. The van der Waals surface area contributed by atoms with Gasteiger partial charge >= 0.3 is 15.6 Å². The molecule has 0 aliphatic carbocycles. The maximum Gasteiger partial charge on any atom is 0.524 e. The van der Waals surface area contributed by atoms with E-state index in [0.717, 1.165) is 24.3 Å². The van der Waals surface area contributed by atoms with Gasteiger partial charge in [0.1, 0.15) is 29.0 Å². The third-order valence-corrected chi connectivity index (χ3v) is 8.81. The van der Waals surface area contributed by atoms with Crippen LogP contribution in [0, 0.1) is 23.3 Å². The maximum absolute atomic E-state index is 14.0. The highest BCUT2D eigenvalue weighted by molar-refractivity contribution is 8.33. The molecular weight excluding hydrogens is 489 g/mol. The standard InChI is InChI=1S/C19H11F7O4S2/c20-11-5-12(21)8-17(7-11)31(16-3-1-15(27)2-4-16,30-32(28,29)19(24,25)26)18-9-13(22)6-14(23)10-18/h1-10,27H. The van der Waals surface area contributed by atoms with Gasteiger partial charge in [-0.3, -0.25) is 0 Å². The van der Waals surface area contributed by atoms with Gasteiger partial charge in [-0.25, -0.2) is 17.6 Å². The molecule has 0 aliphatic heterocycles. The largest absolute Gasteiger partial charge is 0.524 e. The molecule has 0 saturated heterocycles. The van der Waals surface area contributed by atoms with Crippen LogP contribution in [0.1, 0.15) is 0 Å². The molecule has 32 heavy (non-hydrogen) atoms. The molecular formula is C19H11F7O4S2. The highest BCUT2D eigenvalue weighted by Gasteiger charge is 2.52. The Labute approximate surface area is 178 Å². The summed E-state index contributed by atoms with van der Waals surface area (Å²) in [5.74, 6) is -5.68. The Bertz CT molecular complexity index is 1170. The first-order valence-electron chi connectivity index (χ1n) is 8.32. The van der Waals surface area contributed by atoms with Gasteiger partial charge in [-0.05, 0) is 58.8 Å². The van der Waals surface area contributed by atoms with Crippen molar-refractivity contribution in [3.63, 3.8) is 0 Å². The van der Waals surface area contributed by atoms with Crippen molar-refractivity contribution in [1.82, 2.24) is 0 Å². The van der Waals surface area contributed by atoms with Crippen LogP contribution in [0.25, 0.3) is 0 Å². The summed E-state index contributed by atoms with van der Waals surface area (Å²) in [4.78, 5) is -2.02. The first-order valence-corrected chi connectivity index (χ1v) is 11.3. The number of benzene rings is 3. The molecule has 3 rings (SSSR count). The molecule has 0 unspecified atom stereocenters. The van der Waals surface area contributed by atoms with E-state index in [1.54, 1.807) is 0 Å². The monoisotopic (exact) mass is 500 g/mol. The molecule has 0 radical (unpaired) electrons. The smallest absolute Gasteiger partial charge is 0.508 e. The molecule has 0 atom stereocenters. The van der Waals surface area contributed by atoms with Crippen molar-refractivity contribution in [3.8, 4) is 5.75 Å². The van der Waals surface area contributed by atoms with Crippen LogP contribution >= 0.6 is 10.3 Å². The Balaban J connectivity index is 2.51. The summed E-state index contributed by atoms with van der Waals surface area (Å²) >= 11 is 0. The van der Waals surface area contributed by atoms with Crippen LogP contribution in [-0.2, 0) is 13.7 Å². The zero-order valence-electron chi connectivity index (χ0n) is 15.4. The Morgan fingerprint density at radius 1 is 0.656 bits per heavy atom. The minimum atomic E-state index is -6.48. The molecule has 3 aromatic rings. The van der Waals surface area contributed by atoms with E-state index in [-0.39, 0.29) is 0 Å². The summed E-state index contributed by atoms with van der Waals surface area (Å²) in [7, 11) is -10.8. The number of rotatable bonds is 5. The molecule has 172 valence electrons. The first kappa shape index (κ1) is 23.9. The topological polar surface area (TPSA) is 63.6 Å². The minimum absolute atomic E-state index is 0.356. The lowest BCUT2D eigenvalue weighted by Gasteiger charge is -2.39.